The van der Waals surface area contributed by atoms with Gasteiger partial charge in [-0.15, -0.1) is 0 Å². The SMILES string of the molecule is O=C(c1cc(C(F)(F)F)cc(Cl)c1F)N(CCc1ccc(F)cc1)Cc1ccc(C2CCC2)cc1. The second-order valence-corrected chi connectivity index (χ2v) is 9.20. The third-order valence-corrected chi connectivity index (χ3v) is 6.66. The number of benzene rings is 3. The molecule has 1 aliphatic rings. The van der Waals surface area contributed by atoms with Crippen LogP contribution in [0.1, 0.15) is 57.8 Å². The highest BCUT2D eigenvalue weighted by Crippen LogP contribution is 2.36. The fourth-order valence-corrected chi connectivity index (χ4v) is 4.32. The second-order valence-electron chi connectivity index (χ2n) is 8.79. The number of alkyl halides is 3. The lowest BCUT2D eigenvalue weighted by Crippen LogP contribution is -2.33. The molecule has 1 fully saturated rings. The van der Waals surface area contributed by atoms with Crippen LogP contribution in [0.25, 0.3) is 0 Å². The molecule has 0 unspecified atom stereocenters. The van der Waals surface area contributed by atoms with E-state index >= 15 is 0 Å². The molecule has 8 heteroatoms. The number of carbonyl (C=O) groups is 1. The zero-order chi connectivity index (χ0) is 25.2. The second kappa shape index (κ2) is 10.4. The van der Waals surface area contributed by atoms with Crippen LogP contribution in [0.4, 0.5) is 22.0 Å². The molecule has 0 bridgehead atoms. The molecule has 0 aromatic heterocycles. The van der Waals surface area contributed by atoms with Crippen molar-refractivity contribution in [2.75, 3.05) is 6.54 Å². The minimum atomic E-state index is -4.79. The van der Waals surface area contributed by atoms with Crippen LogP contribution >= 0.6 is 11.6 Å². The van der Waals surface area contributed by atoms with E-state index in [1.807, 2.05) is 24.3 Å². The van der Waals surface area contributed by atoms with Gasteiger partial charge in [-0.25, -0.2) is 8.78 Å². The first-order chi connectivity index (χ1) is 16.6. The Kier molecular flexibility index (Phi) is 7.45. The Morgan fingerprint density at radius 3 is 2.14 bits per heavy atom. The molecule has 35 heavy (non-hydrogen) atoms. The van der Waals surface area contributed by atoms with Gasteiger partial charge in [0.1, 0.15) is 5.82 Å². The number of halogens is 6. The molecule has 2 nitrogen and oxygen atoms in total. The van der Waals surface area contributed by atoms with Gasteiger partial charge in [0.25, 0.3) is 5.91 Å². The Morgan fingerprint density at radius 1 is 0.943 bits per heavy atom. The highest BCUT2D eigenvalue weighted by molar-refractivity contribution is 6.31. The van der Waals surface area contributed by atoms with Gasteiger partial charge in [-0.2, -0.15) is 13.2 Å². The number of rotatable bonds is 7. The molecule has 4 rings (SSSR count). The van der Waals surface area contributed by atoms with Crippen molar-refractivity contribution in [3.8, 4) is 0 Å². The molecule has 0 spiro atoms. The zero-order valence-electron chi connectivity index (χ0n) is 18.7. The summed E-state index contributed by atoms with van der Waals surface area (Å²) in [5.41, 5.74) is 0.761. The number of nitrogens with zero attached hydrogens (tertiary/aromatic N) is 1. The highest BCUT2D eigenvalue weighted by atomic mass is 35.5. The van der Waals surface area contributed by atoms with Crippen molar-refractivity contribution in [1.29, 1.82) is 0 Å². The summed E-state index contributed by atoms with van der Waals surface area (Å²) in [7, 11) is 0. The van der Waals surface area contributed by atoms with E-state index < -0.39 is 39.9 Å². The summed E-state index contributed by atoms with van der Waals surface area (Å²) in [5.74, 6) is -1.98. The Hall–Kier alpha value is -2.93. The van der Waals surface area contributed by atoms with Gasteiger partial charge in [-0.1, -0.05) is 54.4 Å². The minimum Gasteiger partial charge on any atom is -0.334 e. The van der Waals surface area contributed by atoms with Gasteiger partial charge < -0.3 is 4.90 Å². The average molecular weight is 508 g/mol. The van der Waals surface area contributed by atoms with Crippen LogP contribution in [0.2, 0.25) is 5.02 Å². The molecule has 3 aromatic carbocycles. The summed E-state index contributed by atoms with van der Waals surface area (Å²) >= 11 is 5.71. The van der Waals surface area contributed by atoms with E-state index in [1.54, 1.807) is 12.1 Å². The smallest absolute Gasteiger partial charge is 0.334 e. The van der Waals surface area contributed by atoms with Crippen LogP contribution in [0.3, 0.4) is 0 Å². The maximum atomic E-state index is 14.7. The van der Waals surface area contributed by atoms with E-state index in [0.29, 0.717) is 24.5 Å². The van der Waals surface area contributed by atoms with E-state index in [2.05, 4.69) is 0 Å². The summed E-state index contributed by atoms with van der Waals surface area (Å²) in [6.07, 6.45) is -1.01. The summed E-state index contributed by atoms with van der Waals surface area (Å²) in [6, 6.07) is 14.4. The minimum absolute atomic E-state index is 0.0677. The van der Waals surface area contributed by atoms with Crippen LogP contribution in [0, 0.1) is 11.6 Å². The molecule has 1 saturated carbocycles. The number of carbonyl (C=O) groups excluding carboxylic acids is 1. The van der Waals surface area contributed by atoms with Gasteiger partial charge in [-0.05, 0) is 66.1 Å². The summed E-state index contributed by atoms with van der Waals surface area (Å²) < 4.78 is 67.9. The highest BCUT2D eigenvalue weighted by Gasteiger charge is 2.34. The van der Waals surface area contributed by atoms with Gasteiger partial charge in [0.2, 0.25) is 0 Å². The van der Waals surface area contributed by atoms with Gasteiger partial charge >= 0.3 is 6.18 Å². The molecule has 0 radical (unpaired) electrons. The van der Waals surface area contributed by atoms with Crippen molar-refractivity contribution in [2.45, 2.75) is 44.3 Å². The topological polar surface area (TPSA) is 20.3 Å². The molecule has 1 amide bonds. The number of amides is 1. The summed E-state index contributed by atoms with van der Waals surface area (Å²) in [5, 5.41) is -0.772. The van der Waals surface area contributed by atoms with Crippen molar-refractivity contribution < 1.29 is 26.7 Å². The fraction of sp³-hybridized carbons (Fsp3) is 0.296. The van der Waals surface area contributed by atoms with Crippen molar-refractivity contribution in [2.24, 2.45) is 0 Å². The van der Waals surface area contributed by atoms with Crippen molar-refractivity contribution in [3.05, 3.63) is 105 Å². The Morgan fingerprint density at radius 2 is 1.57 bits per heavy atom. The fourth-order valence-electron chi connectivity index (χ4n) is 4.10. The molecule has 184 valence electrons. The van der Waals surface area contributed by atoms with E-state index in [1.165, 1.54) is 29.0 Å². The monoisotopic (exact) mass is 507 g/mol. The largest absolute Gasteiger partial charge is 0.416 e. The lowest BCUT2D eigenvalue weighted by molar-refractivity contribution is -0.137. The van der Waals surface area contributed by atoms with Crippen LogP contribution < -0.4 is 0 Å². The van der Waals surface area contributed by atoms with Gasteiger partial charge in [0.15, 0.2) is 5.82 Å². The molecule has 0 atom stereocenters. The van der Waals surface area contributed by atoms with E-state index in [4.69, 9.17) is 11.6 Å². The van der Waals surface area contributed by atoms with Crippen molar-refractivity contribution in [1.82, 2.24) is 4.90 Å². The molecular weight excluding hydrogens is 485 g/mol. The van der Waals surface area contributed by atoms with E-state index in [-0.39, 0.29) is 13.1 Å². The molecular formula is C27H23ClF5NO. The predicted molar refractivity (Wildman–Crippen MR) is 124 cm³/mol. The number of hydrogen-bond acceptors (Lipinski definition) is 1. The Bertz CT molecular complexity index is 1190. The quantitative estimate of drug-likeness (QED) is 0.299. The molecule has 0 aliphatic heterocycles. The van der Waals surface area contributed by atoms with Crippen LogP contribution in [0.5, 0.6) is 0 Å². The first kappa shape index (κ1) is 25.2. The first-order valence-corrected chi connectivity index (χ1v) is 11.7. The standard InChI is InChI=1S/C27H23ClF5NO/c28-24-15-21(27(31,32)33)14-23(25(24)30)26(35)34(13-12-17-6-10-22(29)11-7-17)16-18-4-8-20(9-5-18)19-2-1-3-19/h4-11,14-15,19H,1-3,12-13,16H2. The van der Waals surface area contributed by atoms with Crippen molar-refractivity contribution >= 4 is 17.5 Å². The molecule has 0 N–H and O–H groups in total. The van der Waals surface area contributed by atoms with Crippen LogP contribution in [-0.4, -0.2) is 17.4 Å². The van der Waals surface area contributed by atoms with Crippen LogP contribution in [-0.2, 0) is 19.1 Å². The average Bonchev–Trinajstić information content (AvgIpc) is 2.78. The lowest BCUT2D eigenvalue weighted by atomic mass is 9.80. The summed E-state index contributed by atoms with van der Waals surface area (Å²) in [4.78, 5) is 14.6. The molecule has 1 aliphatic carbocycles. The zero-order valence-corrected chi connectivity index (χ0v) is 19.5. The van der Waals surface area contributed by atoms with Crippen molar-refractivity contribution in [3.63, 3.8) is 0 Å². The molecule has 0 heterocycles. The lowest BCUT2D eigenvalue weighted by Gasteiger charge is -2.27. The maximum absolute atomic E-state index is 14.7. The molecule has 0 saturated heterocycles. The van der Waals surface area contributed by atoms with Gasteiger partial charge in [0, 0.05) is 13.1 Å². The molecule has 3 aromatic rings. The van der Waals surface area contributed by atoms with Gasteiger partial charge in [-0.3, -0.25) is 4.79 Å². The predicted octanol–water partition coefficient (Wildman–Crippen LogP) is 7.79. The van der Waals surface area contributed by atoms with E-state index in [0.717, 1.165) is 24.0 Å². The maximum Gasteiger partial charge on any atom is 0.416 e. The summed E-state index contributed by atoms with van der Waals surface area (Å²) in [6.45, 7) is 0.153. The normalized spacial score (nSPS) is 14.0. The first-order valence-electron chi connectivity index (χ1n) is 11.3. The van der Waals surface area contributed by atoms with E-state index in [9.17, 15) is 26.7 Å². The third-order valence-electron chi connectivity index (χ3n) is 6.39. The van der Waals surface area contributed by atoms with Crippen LogP contribution in [0.15, 0.2) is 60.7 Å². The number of hydrogen-bond donors (Lipinski definition) is 0. The Balaban J connectivity index is 1.61. The van der Waals surface area contributed by atoms with Gasteiger partial charge in [0.05, 0.1) is 16.1 Å². The third kappa shape index (κ3) is 6.01. The Labute approximate surface area is 205 Å².